The Bertz CT molecular complexity index is 1770. The average Bonchev–Trinajstić information content (AvgIpc) is 2.94. The highest BCUT2D eigenvalue weighted by atomic mass is 19.2. The second kappa shape index (κ2) is 10.3. The molecule has 0 aliphatic rings. The Morgan fingerprint density at radius 3 is 2.49 bits per heavy atom. The molecule has 196 valence electrons. The molecular formula is C28H23F2N7O2. The zero-order valence-electron chi connectivity index (χ0n) is 20.9. The molecule has 5 aromatic rings. The first-order valence-electron chi connectivity index (χ1n) is 11.9. The minimum atomic E-state index is -1.27. The van der Waals surface area contributed by atoms with Crippen molar-refractivity contribution in [3.8, 4) is 11.4 Å². The Labute approximate surface area is 221 Å². The van der Waals surface area contributed by atoms with E-state index in [9.17, 15) is 13.6 Å². The van der Waals surface area contributed by atoms with Gasteiger partial charge >= 0.3 is 0 Å². The molecule has 2 heterocycles. The van der Waals surface area contributed by atoms with Crippen LogP contribution in [0.15, 0.2) is 77.9 Å². The molecule has 3 aromatic carbocycles. The van der Waals surface area contributed by atoms with Crippen molar-refractivity contribution in [1.29, 1.82) is 5.41 Å². The van der Waals surface area contributed by atoms with E-state index in [2.05, 4.69) is 15.3 Å². The maximum absolute atomic E-state index is 14.9. The summed E-state index contributed by atoms with van der Waals surface area (Å²) in [6.45, 7) is 1.76. The van der Waals surface area contributed by atoms with Crippen LogP contribution in [0.4, 0.5) is 20.4 Å². The number of nitrogen functional groups attached to an aromatic ring is 1. The van der Waals surface area contributed by atoms with E-state index in [1.807, 2.05) is 18.2 Å². The first-order valence-corrected chi connectivity index (χ1v) is 11.9. The smallest absolute Gasteiger partial charge is 0.266 e. The highest BCUT2D eigenvalue weighted by molar-refractivity contribution is 6.16. The summed E-state index contributed by atoms with van der Waals surface area (Å²) in [6, 6.07) is 17.8. The van der Waals surface area contributed by atoms with E-state index in [4.69, 9.17) is 20.9 Å². The lowest BCUT2D eigenvalue weighted by Gasteiger charge is -2.22. The van der Waals surface area contributed by atoms with Gasteiger partial charge in [-0.2, -0.15) is 4.39 Å². The predicted molar refractivity (Wildman–Crippen MR) is 145 cm³/mol. The summed E-state index contributed by atoms with van der Waals surface area (Å²) in [5, 5.41) is 12.3. The molecule has 0 saturated heterocycles. The Morgan fingerprint density at radius 2 is 1.74 bits per heavy atom. The highest BCUT2D eigenvalue weighted by Crippen LogP contribution is 2.29. The van der Waals surface area contributed by atoms with Gasteiger partial charge in [0.05, 0.1) is 41.0 Å². The summed E-state index contributed by atoms with van der Waals surface area (Å²) in [7, 11) is 1.21. The molecule has 0 radical (unpaired) electrons. The fraction of sp³-hybridized carbons (Fsp3) is 0.107. The second-order valence-electron chi connectivity index (χ2n) is 8.63. The van der Waals surface area contributed by atoms with Crippen molar-refractivity contribution in [1.82, 2.24) is 19.5 Å². The summed E-state index contributed by atoms with van der Waals surface area (Å²) in [5.41, 5.74) is 6.11. The zero-order valence-corrected chi connectivity index (χ0v) is 20.9. The van der Waals surface area contributed by atoms with Crippen LogP contribution in [0, 0.1) is 17.0 Å². The van der Waals surface area contributed by atoms with Crippen LogP contribution in [0.3, 0.4) is 0 Å². The standard InChI is InChI=1S/C28H23F2N7O2/c1-15(27-36-19-11-7-6-10-17(19)28(38)37(27)16-8-4-3-5-9-16)35-26-21(25(32)33-14-34-26)24(31)18-12-13-20(39-2)23(30)22(18)29/h3-15,31H,1-2H3,(H3,32,33,34,35). The van der Waals surface area contributed by atoms with Gasteiger partial charge < -0.3 is 15.8 Å². The maximum Gasteiger partial charge on any atom is 0.266 e. The van der Waals surface area contributed by atoms with Crippen LogP contribution in [-0.4, -0.2) is 32.3 Å². The summed E-state index contributed by atoms with van der Waals surface area (Å²) >= 11 is 0. The molecule has 0 spiro atoms. The number of aromatic nitrogens is 4. The van der Waals surface area contributed by atoms with Gasteiger partial charge in [0.1, 0.15) is 23.8 Å². The molecule has 5 rings (SSSR count). The number of halogens is 2. The van der Waals surface area contributed by atoms with Gasteiger partial charge in [0.15, 0.2) is 11.6 Å². The summed E-state index contributed by atoms with van der Waals surface area (Å²) in [5.74, 6) is -2.47. The number of hydrogen-bond donors (Lipinski definition) is 3. The number of nitrogens with two attached hydrogens (primary N) is 1. The van der Waals surface area contributed by atoms with Gasteiger partial charge in [0, 0.05) is 5.56 Å². The summed E-state index contributed by atoms with van der Waals surface area (Å²) in [6.07, 6.45) is 1.18. The molecule has 0 fully saturated rings. The van der Waals surface area contributed by atoms with Crippen molar-refractivity contribution in [3.63, 3.8) is 0 Å². The number of nitrogens with zero attached hydrogens (tertiary/aromatic N) is 4. The van der Waals surface area contributed by atoms with Gasteiger partial charge in [-0.1, -0.05) is 30.3 Å². The van der Waals surface area contributed by atoms with Crippen LogP contribution in [-0.2, 0) is 0 Å². The van der Waals surface area contributed by atoms with Crippen molar-refractivity contribution in [2.24, 2.45) is 0 Å². The Balaban J connectivity index is 1.62. The molecule has 39 heavy (non-hydrogen) atoms. The van der Waals surface area contributed by atoms with E-state index in [1.165, 1.54) is 30.1 Å². The van der Waals surface area contributed by atoms with Crippen LogP contribution >= 0.6 is 0 Å². The predicted octanol–water partition coefficient (Wildman–Crippen LogP) is 4.63. The Hall–Kier alpha value is -5.19. The van der Waals surface area contributed by atoms with Gasteiger partial charge in [-0.25, -0.2) is 19.3 Å². The van der Waals surface area contributed by atoms with Gasteiger partial charge in [0.2, 0.25) is 5.82 Å². The van der Waals surface area contributed by atoms with Crippen LogP contribution in [0.2, 0.25) is 0 Å². The fourth-order valence-electron chi connectivity index (χ4n) is 4.31. The molecular weight excluding hydrogens is 504 g/mol. The Morgan fingerprint density at radius 1 is 1.03 bits per heavy atom. The van der Waals surface area contributed by atoms with E-state index < -0.39 is 23.4 Å². The molecule has 0 bridgehead atoms. The molecule has 1 atom stereocenters. The average molecular weight is 528 g/mol. The largest absolute Gasteiger partial charge is 0.494 e. The van der Waals surface area contributed by atoms with Crippen molar-refractivity contribution >= 4 is 28.3 Å². The van der Waals surface area contributed by atoms with E-state index in [1.54, 1.807) is 43.3 Å². The number of methoxy groups -OCH3 is 1. The summed E-state index contributed by atoms with van der Waals surface area (Å²) in [4.78, 5) is 26.5. The third-order valence-electron chi connectivity index (χ3n) is 6.22. The SMILES string of the molecule is COc1ccc(C(=N)c2c(N)ncnc2NC(C)c2nc3ccccc3c(=O)n2-c2ccccc2)c(F)c1F. The normalized spacial score (nSPS) is 11.8. The number of rotatable bonds is 7. The lowest BCUT2D eigenvalue weighted by molar-refractivity contribution is 0.371. The molecule has 4 N–H and O–H groups in total. The summed E-state index contributed by atoms with van der Waals surface area (Å²) < 4.78 is 35.6. The minimum Gasteiger partial charge on any atom is -0.494 e. The highest BCUT2D eigenvalue weighted by Gasteiger charge is 2.25. The fourth-order valence-corrected chi connectivity index (χ4v) is 4.31. The lowest BCUT2D eigenvalue weighted by atomic mass is 10.0. The van der Waals surface area contributed by atoms with Crippen molar-refractivity contribution in [2.45, 2.75) is 13.0 Å². The van der Waals surface area contributed by atoms with Crippen molar-refractivity contribution < 1.29 is 13.5 Å². The number of anilines is 2. The van der Waals surface area contributed by atoms with Crippen LogP contribution in [0.5, 0.6) is 5.75 Å². The monoisotopic (exact) mass is 527 g/mol. The van der Waals surface area contributed by atoms with Crippen LogP contribution < -0.4 is 21.3 Å². The van der Waals surface area contributed by atoms with Gasteiger partial charge in [-0.05, 0) is 43.3 Å². The van der Waals surface area contributed by atoms with Crippen molar-refractivity contribution in [2.75, 3.05) is 18.2 Å². The quantitative estimate of drug-likeness (QED) is 0.263. The van der Waals surface area contributed by atoms with Gasteiger partial charge in [-0.15, -0.1) is 0 Å². The first kappa shape index (κ1) is 25.5. The third kappa shape index (κ3) is 4.54. The zero-order chi connectivity index (χ0) is 27.7. The Kier molecular flexibility index (Phi) is 6.72. The third-order valence-corrected chi connectivity index (χ3v) is 6.22. The lowest BCUT2D eigenvalue weighted by Crippen LogP contribution is -2.28. The number of hydrogen-bond acceptors (Lipinski definition) is 8. The molecule has 11 heteroatoms. The first-order chi connectivity index (χ1) is 18.8. The topological polar surface area (TPSA) is 132 Å². The van der Waals surface area contributed by atoms with Crippen molar-refractivity contribution in [3.05, 3.63) is 112 Å². The molecule has 0 aliphatic carbocycles. The van der Waals surface area contributed by atoms with Gasteiger partial charge in [-0.3, -0.25) is 14.8 Å². The molecule has 0 aliphatic heterocycles. The molecule has 0 amide bonds. The van der Waals surface area contributed by atoms with E-state index in [-0.39, 0.29) is 34.1 Å². The minimum absolute atomic E-state index is 0.0396. The second-order valence-corrected chi connectivity index (χ2v) is 8.63. The maximum atomic E-state index is 14.9. The van der Waals surface area contributed by atoms with Crippen LogP contribution in [0.25, 0.3) is 16.6 Å². The van der Waals surface area contributed by atoms with E-state index in [0.29, 0.717) is 22.4 Å². The van der Waals surface area contributed by atoms with E-state index >= 15 is 0 Å². The number of fused-ring (bicyclic) bond motifs is 1. The molecule has 0 saturated carbocycles. The van der Waals surface area contributed by atoms with Crippen LogP contribution in [0.1, 0.15) is 29.9 Å². The number of para-hydroxylation sites is 2. The van der Waals surface area contributed by atoms with E-state index in [0.717, 1.165) is 0 Å². The molecule has 9 nitrogen and oxygen atoms in total. The number of benzene rings is 3. The molecule has 2 aromatic heterocycles. The van der Waals surface area contributed by atoms with Gasteiger partial charge in [0.25, 0.3) is 5.56 Å². The number of ether oxygens (including phenoxy) is 1. The molecule has 1 unspecified atom stereocenters. The number of nitrogens with one attached hydrogen (secondary N) is 2.